The molecule has 2 N–H and O–H groups in total. The van der Waals surface area contributed by atoms with Crippen LogP contribution < -0.4 is 4.90 Å². The fourth-order valence-corrected chi connectivity index (χ4v) is 3.16. The monoisotopic (exact) mass is 411 g/mol. The number of morpholine rings is 1. The van der Waals surface area contributed by atoms with Gasteiger partial charge in [0, 0.05) is 43.9 Å². The number of rotatable bonds is 5. The number of nitrogens with zero attached hydrogens (tertiary/aromatic N) is 5. The number of aliphatic hydroxyl groups is 2. The molecule has 1 aliphatic rings. The summed E-state index contributed by atoms with van der Waals surface area (Å²) in [5, 5.41) is 21.6. The Hall–Kier alpha value is -2.81. The van der Waals surface area contributed by atoms with Crippen molar-refractivity contribution in [2.75, 3.05) is 44.4 Å². The average molecular weight is 412 g/mol. The van der Waals surface area contributed by atoms with Gasteiger partial charge < -0.3 is 19.8 Å². The fourth-order valence-electron chi connectivity index (χ4n) is 3.16. The van der Waals surface area contributed by atoms with Gasteiger partial charge in [0.05, 0.1) is 25.5 Å². The summed E-state index contributed by atoms with van der Waals surface area (Å²) in [6.07, 6.45) is 2.32. The topological polar surface area (TPSA) is 96.5 Å². The molecule has 1 aliphatic heterocycles. The molecule has 0 radical (unpaired) electrons. The van der Waals surface area contributed by atoms with Crippen LogP contribution >= 0.6 is 0 Å². The zero-order chi connectivity index (χ0) is 21.3. The van der Waals surface area contributed by atoms with Crippen molar-refractivity contribution in [3.8, 4) is 17.1 Å². The Bertz CT molecular complexity index is 938. The van der Waals surface area contributed by atoms with Crippen molar-refractivity contribution in [2.24, 2.45) is 0 Å². The number of anilines is 1. The van der Waals surface area contributed by atoms with Gasteiger partial charge in [-0.25, -0.2) is 14.6 Å². The highest BCUT2D eigenvalue weighted by molar-refractivity contribution is 5.60. The van der Waals surface area contributed by atoms with Crippen molar-refractivity contribution in [3.05, 3.63) is 54.0 Å². The summed E-state index contributed by atoms with van der Waals surface area (Å²) < 4.78 is 7.20. The molecule has 0 amide bonds. The van der Waals surface area contributed by atoms with Crippen molar-refractivity contribution < 1.29 is 14.9 Å². The summed E-state index contributed by atoms with van der Waals surface area (Å²) in [7, 11) is 0. The minimum absolute atomic E-state index is 0.0135. The zero-order valence-electron chi connectivity index (χ0n) is 17.5. The van der Waals surface area contributed by atoms with Crippen LogP contribution in [0.5, 0.6) is 0 Å². The molecule has 0 aliphatic carbocycles. The summed E-state index contributed by atoms with van der Waals surface area (Å²) >= 11 is 0. The Balaban J connectivity index is 0.000000806. The molecule has 0 atom stereocenters. The molecule has 0 bridgehead atoms. The molecule has 1 fully saturated rings. The number of benzene rings is 1. The normalized spacial score (nSPS) is 13.7. The molecule has 3 heterocycles. The maximum Gasteiger partial charge on any atom is 0.159 e. The first-order chi connectivity index (χ1) is 14.6. The Morgan fingerprint density at radius 3 is 2.47 bits per heavy atom. The predicted octanol–water partition coefficient (Wildman–Crippen LogP) is 2.01. The van der Waals surface area contributed by atoms with E-state index in [-0.39, 0.29) is 13.2 Å². The van der Waals surface area contributed by atoms with Crippen LogP contribution in [0.2, 0.25) is 0 Å². The van der Waals surface area contributed by atoms with E-state index in [0.717, 1.165) is 30.2 Å². The van der Waals surface area contributed by atoms with Gasteiger partial charge in [0.2, 0.25) is 0 Å². The summed E-state index contributed by atoms with van der Waals surface area (Å²) in [4.78, 5) is 11.4. The largest absolute Gasteiger partial charge is 0.397 e. The lowest BCUT2D eigenvalue weighted by Gasteiger charge is -2.28. The molecular weight excluding hydrogens is 382 g/mol. The van der Waals surface area contributed by atoms with E-state index in [1.54, 1.807) is 11.6 Å². The van der Waals surface area contributed by atoms with Crippen LogP contribution in [0.15, 0.2) is 42.6 Å². The maximum atomic E-state index is 9.33. The predicted molar refractivity (Wildman–Crippen MR) is 116 cm³/mol. The molecule has 1 aromatic carbocycles. The lowest BCUT2D eigenvalue weighted by Crippen LogP contribution is -2.37. The minimum Gasteiger partial charge on any atom is -0.397 e. The van der Waals surface area contributed by atoms with Crippen molar-refractivity contribution in [1.82, 2.24) is 19.7 Å². The smallest absolute Gasteiger partial charge is 0.159 e. The van der Waals surface area contributed by atoms with Gasteiger partial charge >= 0.3 is 0 Å². The second-order valence-corrected chi connectivity index (χ2v) is 6.90. The van der Waals surface area contributed by atoms with E-state index in [1.165, 1.54) is 5.56 Å². The number of ether oxygens (including phenoxy) is 1. The number of aliphatic hydroxyl groups excluding tert-OH is 2. The Kier molecular flexibility index (Phi) is 7.89. The molecule has 0 spiro atoms. The van der Waals surface area contributed by atoms with Crippen LogP contribution in [0.25, 0.3) is 17.1 Å². The zero-order valence-corrected chi connectivity index (χ0v) is 17.5. The third-order valence-electron chi connectivity index (χ3n) is 4.55. The number of aryl methyl sites for hydroxylation is 1. The quantitative estimate of drug-likeness (QED) is 0.663. The van der Waals surface area contributed by atoms with E-state index >= 15 is 0 Å². The number of hydrogen-bond donors (Lipinski definition) is 2. The van der Waals surface area contributed by atoms with E-state index in [2.05, 4.69) is 40.0 Å². The SMILES string of the molecule is CCO.Cc1cccc(-c2ccn(-c3cc(N4CCOCC4)nc(CCO)n3)n2)c1. The van der Waals surface area contributed by atoms with E-state index in [9.17, 15) is 5.11 Å². The molecule has 30 heavy (non-hydrogen) atoms. The first kappa shape index (κ1) is 21.9. The summed E-state index contributed by atoms with van der Waals surface area (Å²) in [6.45, 7) is 6.98. The summed E-state index contributed by atoms with van der Waals surface area (Å²) in [6, 6.07) is 12.2. The van der Waals surface area contributed by atoms with Crippen molar-refractivity contribution in [3.63, 3.8) is 0 Å². The lowest BCUT2D eigenvalue weighted by atomic mass is 10.1. The summed E-state index contributed by atoms with van der Waals surface area (Å²) in [5.74, 6) is 2.16. The van der Waals surface area contributed by atoms with Gasteiger partial charge in [0.25, 0.3) is 0 Å². The highest BCUT2D eigenvalue weighted by Crippen LogP contribution is 2.21. The van der Waals surface area contributed by atoms with Gasteiger partial charge in [-0.1, -0.05) is 23.8 Å². The van der Waals surface area contributed by atoms with Crippen LogP contribution in [0.3, 0.4) is 0 Å². The molecule has 8 heteroatoms. The molecule has 0 unspecified atom stereocenters. The number of aromatic nitrogens is 4. The second-order valence-electron chi connectivity index (χ2n) is 6.90. The molecule has 3 aromatic rings. The minimum atomic E-state index is 0.0135. The highest BCUT2D eigenvalue weighted by atomic mass is 16.5. The molecule has 8 nitrogen and oxygen atoms in total. The molecule has 4 rings (SSSR count). The fraction of sp³-hybridized carbons (Fsp3) is 0.409. The van der Waals surface area contributed by atoms with Crippen LogP contribution in [0.1, 0.15) is 18.3 Å². The van der Waals surface area contributed by atoms with Crippen molar-refractivity contribution >= 4 is 5.82 Å². The first-order valence-electron chi connectivity index (χ1n) is 10.2. The third kappa shape index (κ3) is 5.63. The van der Waals surface area contributed by atoms with Crippen LogP contribution in [-0.2, 0) is 11.2 Å². The molecule has 160 valence electrons. The van der Waals surface area contributed by atoms with E-state index in [0.29, 0.717) is 31.3 Å². The third-order valence-corrected chi connectivity index (χ3v) is 4.55. The molecule has 2 aromatic heterocycles. The van der Waals surface area contributed by atoms with Crippen molar-refractivity contribution in [2.45, 2.75) is 20.3 Å². The van der Waals surface area contributed by atoms with Crippen molar-refractivity contribution in [1.29, 1.82) is 0 Å². The van der Waals surface area contributed by atoms with Gasteiger partial charge in [-0.3, -0.25) is 0 Å². The second kappa shape index (κ2) is 10.8. The maximum absolute atomic E-state index is 9.33. The molecule has 1 saturated heterocycles. The molecule has 0 saturated carbocycles. The van der Waals surface area contributed by atoms with Gasteiger partial charge in [0.1, 0.15) is 11.6 Å². The van der Waals surface area contributed by atoms with Gasteiger partial charge in [0.15, 0.2) is 5.82 Å². The standard InChI is InChI=1S/C20H23N5O2.C2H6O/c1-15-3-2-4-16(13-15)17-5-7-25(23-17)20-14-19(21-18(22-20)6-10-26)24-8-11-27-12-9-24;1-2-3/h2-5,7,13-14,26H,6,8-12H2,1H3;3H,2H2,1H3. The molecular formula is C22H29N5O3. The van der Waals surface area contributed by atoms with Crippen LogP contribution in [0.4, 0.5) is 5.82 Å². The van der Waals surface area contributed by atoms with Crippen LogP contribution in [0, 0.1) is 6.92 Å². The van der Waals surface area contributed by atoms with E-state index in [1.807, 2.05) is 24.4 Å². The average Bonchev–Trinajstić information content (AvgIpc) is 3.26. The van der Waals surface area contributed by atoms with Gasteiger partial charge in [-0.2, -0.15) is 5.10 Å². The Morgan fingerprint density at radius 2 is 1.77 bits per heavy atom. The number of hydrogen-bond acceptors (Lipinski definition) is 7. The lowest BCUT2D eigenvalue weighted by molar-refractivity contribution is 0.122. The summed E-state index contributed by atoms with van der Waals surface area (Å²) in [5.41, 5.74) is 3.17. The van der Waals surface area contributed by atoms with E-state index in [4.69, 9.17) is 14.9 Å². The Labute approximate surface area is 176 Å². The highest BCUT2D eigenvalue weighted by Gasteiger charge is 2.16. The Morgan fingerprint density at radius 1 is 1.03 bits per heavy atom. The van der Waals surface area contributed by atoms with Gasteiger partial charge in [-0.05, 0) is 26.0 Å². The van der Waals surface area contributed by atoms with E-state index < -0.39 is 0 Å². The first-order valence-corrected chi connectivity index (χ1v) is 10.2. The van der Waals surface area contributed by atoms with Gasteiger partial charge in [-0.15, -0.1) is 0 Å². The van der Waals surface area contributed by atoms with Crippen LogP contribution in [-0.4, -0.2) is 69.5 Å².